The number of nitrogens with one attached hydrogen (secondary N) is 2. The fraction of sp³-hybridized carbons (Fsp3) is 0.529. The average molecular weight is 382 g/mol. The Morgan fingerprint density at radius 2 is 1.73 bits per heavy atom. The summed E-state index contributed by atoms with van der Waals surface area (Å²) in [7, 11) is -3.50. The second kappa shape index (κ2) is 9.11. The topological polar surface area (TPSA) is 98.8 Å². The van der Waals surface area contributed by atoms with Crippen molar-refractivity contribution in [1.82, 2.24) is 19.8 Å². The molecule has 0 saturated carbocycles. The van der Waals surface area contributed by atoms with Crippen LogP contribution in [0, 0.1) is 0 Å². The van der Waals surface area contributed by atoms with Crippen LogP contribution in [0.15, 0.2) is 35.2 Å². The fourth-order valence-electron chi connectivity index (χ4n) is 2.75. The smallest absolute Gasteiger partial charge is 0.243 e. The van der Waals surface area contributed by atoms with Crippen molar-refractivity contribution < 1.29 is 18.0 Å². The minimum Gasteiger partial charge on any atom is -0.355 e. The van der Waals surface area contributed by atoms with Gasteiger partial charge in [-0.2, -0.15) is 4.31 Å². The van der Waals surface area contributed by atoms with Gasteiger partial charge in [0.2, 0.25) is 21.8 Å². The Labute approximate surface area is 154 Å². The van der Waals surface area contributed by atoms with Crippen LogP contribution in [0.4, 0.5) is 0 Å². The second-order valence-electron chi connectivity index (χ2n) is 6.18. The summed E-state index contributed by atoms with van der Waals surface area (Å²) in [4.78, 5) is 25.9. The van der Waals surface area contributed by atoms with Gasteiger partial charge in [-0.1, -0.05) is 18.2 Å². The molecule has 0 radical (unpaired) electrons. The highest BCUT2D eigenvalue weighted by Gasteiger charge is 2.29. The van der Waals surface area contributed by atoms with Crippen molar-refractivity contribution in [2.45, 2.75) is 24.8 Å². The van der Waals surface area contributed by atoms with Crippen LogP contribution in [-0.4, -0.2) is 74.7 Å². The van der Waals surface area contributed by atoms with E-state index >= 15 is 0 Å². The molecule has 0 spiro atoms. The third-order valence-corrected chi connectivity index (χ3v) is 6.11. The van der Waals surface area contributed by atoms with Crippen LogP contribution in [0.25, 0.3) is 0 Å². The van der Waals surface area contributed by atoms with Crippen molar-refractivity contribution in [3.8, 4) is 0 Å². The van der Waals surface area contributed by atoms with Gasteiger partial charge in [-0.3, -0.25) is 14.5 Å². The molecule has 1 atom stereocenters. The summed E-state index contributed by atoms with van der Waals surface area (Å²) in [6.07, 6.45) is 0. The van der Waals surface area contributed by atoms with Crippen LogP contribution in [-0.2, 0) is 19.6 Å². The molecule has 1 heterocycles. The van der Waals surface area contributed by atoms with Gasteiger partial charge in [-0.25, -0.2) is 8.42 Å². The number of carbonyl (C=O) groups excluding carboxylic acids is 2. The largest absolute Gasteiger partial charge is 0.355 e. The van der Waals surface area contributed by atoms with Gasteiger partial charge in [0.15, 0.2) is 0 Å². The number of carbonyl (C=O) groups is 2. The summed E-state index contributed by atoms with van der Waals surface area (Å²) in [5, 5.41) is 5.31. The lowest BCUT2D eigenvalue weighted by molar-refractivity contribution is -0.129. The molecule has 1 aromatic rings. The van der Waals surface area contributed by atoms with Crippen molar-refractivity contribution in [3.05, 3.63) is 30.3 Å². The molecule has 1 fully saturated rings. The van der Waals surface area contributed by atoms with E-state index < -0.39 is 16.1 Å². The standard InChI is InChI=1S/C17H26N4O4S/c1-3-18-17(23)14(2)19-16(22)13-20-9-11-21(12-10-20)26(24,25)15-7-5-4-6-8-15/h4-8,14H,3,9-13H2,1-2H3,(H,18,23)(H,19,22)/t14-/m0/s1. The summed E-state index contributed by atoms with van der Waals surface area (Å²) in [6.45, 7) is 5.69. The summed E-state index contributed by atoms with van der Waals surface area (Å²) >= 11 is 0. The number of likely N-dealkylation sites (N-methyl/N-ethyl adjacent to an activating group) is 1. The van der Waals surface area contributed by atoms with E-state index in [0.717, 1.165) is 0 Å². The van der Waals surface area contributed by atoms with E-state index in [2.05, 4.69) is 10.6 Å². The van der Waals surface area contributed by atoms with Crippen LogP contribution in [0.3, 0.4) is 0 Å². The molecule has 0 aromatic heterocycles. The zero-order chi connectivity index (χ0) is 19.2. The Bertz CT molecular complexity index is 716. The van der Waals surface area contributed by atoms with Gasteiger partial charge in [0.05, 0.1) is 11.4 Å². The van der Waals surface area contributed by atoms with Crippen LogP contribution in [0.2, 0.25) is 0 Å². The molecule has 1 aromatic carbocycles. The molecule has 0 aliphatic carbocycles. The monoisotopic (exact) mass is 382 g/mol. The highest BCUT2D eigenvalue weighted by atomic mass is 32.2. The molecule has 1 aliphatic rings. The third kappa shape index (κ3) is 5.26. The Hall–Kier alpha value is -1.97. The van der Waals surface area contributed by atoms with Crippen LogP contribution in [0.1, 0.15) is 13.8 Å². The first-order valence-corrected chi connectivity index (χ1v) is 10.1. The van der Waals surface area contributed by atoms with Crippen molar-refractivity contribution >= 4 is 21.8 Å². The Morgan fingerprint density at radius 3 is 2.31 bits per heavy atom. The van der Waals surface area contributed by atoms with Gasteiger partial charge < -0.3 is 10.6 Å². The summed E-state index contributed by atoms with van der Waals surface area (Å²) in [5.74, 6) is -0.470. The number of nitrogens with zero attached hydrogens (tertiary/aromatic N) is 2. The fourth-order valence-corrected chi connectivity index (χ4v) is 4.20. The predicted molar refractivity (Wildman–Crippen MR) is 97.9 cm³/mol. The van der Waals surface area contributed by atoms with Gasteiger partial charge >= 0.3 is 0 Å². The maximum absolute atomic E-state index is 12.6. The molecule has 2 rings (SSSR count). The number of rotatable bonds is 7. The quantitative estimate of drug-likeness (QED) is 0.671. The number of benzene rings is 1. The van der Waals surface area contributed by atoms with E-state index in [0.29, 0.717) is 32.7 Å². The molecule has 9 heteroatoms. The minimum atomic E-state index is -3.50. The number of amides is 2. The number of hydrogen-bond donors (Lipinski definition) is 2. The molecular formula is C17H26N4O4S. The second-order valence-corrected chi connectivity index (χ2v) is 8.12. The maximum atomic E-state index is 12.6. The molecule has 2 amide bonds. The van der Waals surface area contributed by atoms with Gasteiger partial charge in [0.25, 0.3) is 0 Å². The molecule has 0 unspecified atom stereocenters. The SMILES string of the molecule is CCNC(=O)[C@H](C)NC(=O)CN1CCN(S(=O)(=O)c2ccccc2)CC1. The van der Waals surface area contributed by atoms with Crippen molar-refractivity contribution in [3.63, 3.8) is 0 Å². The first-order chi connectivity index (χ1) is 12.3. The average Bonchev–Trinajstić information content (AvgIpc) is 2.63. The van der Waals surface area contributed by atoms with Crippen LogP contribution in [0.5, 0.6) is 0 Å². The van der Waals surface area contributed by atoms with E-state index in [1.54, 1.807) is 37.3 Å². The normalized spacial score (nSPS) is 17.5. The molecule has 0 bridgehead atoms. The summed E-state index contributed by atoms with van der Waals surface area (Å²) in [6, 6.07) is 7.74. The van der Waals surface area contributed by atoms with Crippen molar-refractivity contribution in [1.29, 1.82) is 0 Å². The van der Waals surface area contributed by atoms with Gasteiger partial charge in [-0.05, 0) is 26.0 Å². The minimum absolute atomic E-state index is 0.142. The van der Waals surface area contributed by atoms with E-state index in [9.17, 15) is 18.0 Å². The molecule has 1 aliphatic heterocycles. The highest BCUT2D eigenvalue weighted by Crippen LogP contribution is 2.16. The summed E-state index contributed by atoms with van der Waals surface area (Å²) in [5.41, 5.74) is 0. The lowest BCUT2D eigenvalue weighted by Crippen LogP contribution is -2.53. The van der Waals surface area contributed by atoms with Gasteiger partial charge in [0, 0.05) is 32.7 Å². The zero-order valence-electron chi connectivity index (χ0n) is 15.1. The first-order valence-electron chi connectivity index (χ1n) is 8.69. The third-order valence-electron chi connectivity index (χ3n) is 4.20. The van der Waals surface area contributed by atoms with E-state index in [4.69, 9.17) is 0 Å². The molecule has 8 nitrogen and oxygen atoms in total. The Balaban J connectivity index is 1.83. The highest BCUT2D eigenvalue weighted by molar-refractivity contribution is 7.89. The number of piperazine rings is 1. The van der Waals surface area contributed by atoms with Crippen molar-refractivity contribution in [2.24, 2.45) is 0 Å². The number of hydrogen-bond acceptors (Lipinski definition) is 5. The van der Waals surface area contributed by atoms with Crippen molar-refractivity contribution in [2.75, 3.05) is 39.3 Å². The maximum Gasteiger partial charge on any atom is 0.243 e. The number of sulfonamides is 1. The molecule has 144 valence electrons. The van der Waals surface area contributed by atoms with E-state index in [-0.39, 0.29) is 23.3 Å². The van der Waals surface area contributed by atoms with Gasteiger partial charge in [0.1, 0.15) is 6.04 Å². The molecule has 26 heavy (non-hydrogen) atoms. The van der Waals surface area contributed by atoms with E-state index in [1.165, 1.54) is 4.31 Å². The van der Waals surface area contributed by atoms with Crippen LogP contribution >= 0.6 is 0 Å². The Kier molecular flexibility index (Phi) is 7.13. The lowest BCUT2D eigenvalue weighted by Gasteiger charge is -2.33. The molecule has 2 N–H and O–H groups in total. The molecular weight excluding hydrogens is 356 g/mol. The first kappa shape index (κ1) is 20.3. The van der Waals surface area contributed by atoms with Gasteiger partial charge in [-0.15, -0.1) is 0 Å². The summed E-state index contributed by atoms with van der Waals surface area (Å²) < 4.78 is 26.6. The lowest BCUT2D eigenvalue weighted by atomic mass is 10.3. The molecule has 1 saturated heterocycles. The zero-order valence-corrected chi connectivity index (χ0v) is 16.0. The van der Waals surface area contributed by atoms with E-state index in [1.807, 2.05) is 11.8 Å². The predicted octanol–water partition coefficient (Wildman–Crippen LogP) is -0.366. The Morgan fingerprint density at radius 1 is 1.12 bits per heavy atom. The van der Waals surface area contributed by atoms with Crippen LogP contribution < -0.4 is 10.6 Å².